The van der Waals surface area contributed by atoms with Crippen molar-refractivity contribution < 1.29 is 14.0 Å². The molecular formula is C18H24N2O3. The Hall–Kier alpha value is -2.56. The predicted molar refractivity (Wildman–Crippen MR) is 93.0 cm³/mol. The molecule has 0 aromatic carbocycles. The summed E-state index contributed by atoms with van der Waals surface area (Å²) >= 11 is 0. The van der Waals surface area contributed by atoms with Gasteiger partial charge in [0.05, 0.1) is 5.69 Å². The average Bonchev–Trinajstić information content (AvgIpc) is 2.94. The maximum Gasteiger partial charge on any atom is 0.249 e. The minimum Gasteiger partial charge on any atom is -0.462 e. The summed E-state index contributed by atoms with van der Waals surface area (Å²) in [6, 6.07) is -0.451. The zero-order valence-corrected chi connectivity index (χ0v) is 13.9. The number of hydrogen-bond acceptors (Lipinski definition) is 4. The zero-order chi connectivity index (χ0) is 17.4. The molecule has 1 aliphatic heterocycles. The summed E-state index contributed by atoms with van der Waals surface area (Å²) in [4.78, 5) is 23.0. The van der Waals surface area contributed by atoms with Gasteiger partial charge in [0, 0.05) is 11.6 Å². The molecule has 124 valence electrons. The SMILES string of the molecule is C=C/C=c1/occ(NC2CCC(=O)NC2=O)/c1=C(\C)C=C.CC. The third-order valence-electron chi connectivity index (χ3n) is 3.36. The highest BCUT2D eigenvalue weighted by atomic mass is 16.3. The Morgan fingerprint density at radius 2 is 2.09 bits per heavy atom. The molecule has 2 N–H and O–H groups in total. The summed E-state index contributed by atoms with van der Waals surface area (Å²) in [5, 5.41) is 6.30. The van der Waals surface area contributed by atoms with Gasteiger partial charge in [0.1, 0.15) is 17.7 Å². The second kappa shape index (κ2) is 8.78. The fraction of sp³-hybridized carbons (Fsp3) is 0.333. The van der Waals surface area contributed by atoms with Crippen LogP contribution in [-0.4, -0.2) is 17.9 Å². The monoisotopic (exact) mass is 316 g/mol. The largest absolute Gasteiger partial charge is 0.462 e. The van der Waals surface area contributed by atoms with Crippen molar-refractivity contribution in [2.24, 2.45) is 0 Å². The van der Waals surface area contributed by atoms with Crippen molar-refractivity contribution in [3.8, 4) is 0 Å². The van der Waals surface area contributed by atoms with Gasteiger partial charge in [-0.3, -0.25) is 14.9 Å². The molecule has 1 aromatic heterocycles. The molecule has 23 heavy (non-hydrogen) atoms. The standard InChI is InChI=1S/C16H18N2O3.C2H6/c1-4-6-13-15(10(3)5-2)12(9-21-13)17-11-7-8-14(19)18-16(11)20;1-2/h4-6,9,11,17H,1-2,7-8H2,3H3,(H,18,19,20);1-2H3/b13-6+,15-10-;. The Kier molecular flexibility index (Phi) is 7.06. The number of amides is 2. The van der Waals surface area contributed by atoms with Crippen LogP contribution in [0.4, 0.5) is 5.69 Å². The first kappa shape index (κ1) is 18.5. The minimum atomic E-state index is -0.451. The third kappa shape index (κ3) is 4.45. The maximum absolute atomic E-state index is 11.8. The van der Waals surface area contributed by atoms with Gasteiger partial charge in [-0.25, -0.2) is 0 Å². The van der Waals surface area contributed by atoms with Crippen molar-refractivity contribution >= 4 is 29.2 Å². The van der Waals surface area contributed by atoms with E-state index in [1.807, 2.05) is 20.8 Å². The molecular weight excluding hydrogens is 292 g/mol. The van der Waals surface area contributed by atoms with Crippen LogP contribution >= 0.6 is 0 Å². The summed E-state index contributed by atoms with van der Waals surface area (Å²) in [6.07, 6.45) is 7.45. The van der Waals surface area contributed by atoms with Gasteiger partial charge >= 0.3 is 0 Å². The lowest BCUT2D eigenvalue weighted by Gasteiger charge is -2.22. The Labute approximate surface area is 136 Å². The van der Waals surface area contributed by atoms with Crippen LogP contribution in [0.3, 0.4) is 0 Å². The van der Waals surface area contributed by atoms with Crippen molar-refractivity contribution in [1.82, 2.24) is 5.32 Å². The van der Waals surface area contributed by atoms with E-state index in [1.165, 1.54) is 0 Å². The number of allylic oxidation sites excluding steroid dienone is 2. The molecule has 0 spiro atoms. The molecule has 0 aliphatic carbocycles. The van der Waals surface area contributed by atoms with Gasteiger partial charge in [0.2, 0.25) is 11.8 Å². The number of piperidine rings is 1. The summed E-state index contributed by atoms with van der Waals surface area (Å²) < 4.78 is 5.50. The normalized spacial score (nSPS) is 19.3. The predicted octanol–water partition coefficient (Wildman–Crippen LogP) is 1.85. The van der Waals surface area contributed by atoms with Gasteiger partial charge in [-0.1, -0.05) is 39.2 Å². The molecule has 1 fully saturated rings. The molecule has 2 heterocycles. The summed E-state index contributed by atoms with van der Waals surface area (Å²) in [5.41, 5.74) is 2.28. The van der Waals surface area contributed by atoms with Crippen LogP contribution in [0.1, 0.15) is 33.6 Å². The molecule has 5 heteroatoms. The average molecular weight is 316 g/mol. The highest BCUT2D eigenvalue weighted by Crippen LogP contribution is 2.11. The Balaban J connectivity index is 0.00000127. The first-order valence-electron chi connectivity index (χ1n) is 7.70. The number of nitrogens with one attached hydrogen (secondary N) is 2. The number of imide groups is 1. The van der Waals surface area contributed by atoms with E-state index in [4.69, 9.17) is 4.42 Å². The fourth-order valence-electron chi connectivity index (χ4n) is 2.24. The van der Waals surface area contributed by atoms with E-state index in [9.17, 15) is 9.59 Å². The molecule has 0 radical (unpaired) electrons. The Morgan fingerprint density at radius 3 is 2.65 bits per heavy atom. The molecule has 5 nitrogen and oxygen atoms in total. The lowest BCUT2D eigenvalue weighted by molar-refractivity contribution is -0.133. The molecule has 0 saturated carbocycles. The molecule has 1 saturated heterocycles. The van der Waals surface area contributed by atoms with Gasteiger partial charge in [0.25, 0.3) is 0 Å². The van der Waals surface area contributed by atoms with Crippen molar-refractivity contribution in [1.29, 1.82) is 0 Å². The van der Waals surface area contributed by atoms with Crippen LogP contribution < -0.4 is 21.3 Å². The number of rotatable bonds is 4. The lowest BCUT2D eigenvalue weighted by atomic mass is 10.1. The van der Waals surface area contributed by atoms with E-state index in [2.05, 4.69) is 23.8 Å². The van der Waals surface area contributed by atoms with Crippen LogP contribution in [0.25, 0.3) is 11.6 Å². The van der Waals surface area contributed by atoms with Crippen LogP contribution in [0.15, 0.2) is 36.0 Å². The number of carbonyl (C=O) groups is 2. The molecule has 1 aliphatic rings. The van der Waals surface area contributed by atoms with Crippen molar-refractivity contribution in [2.45, 2.75) is 39.7 Å². The van der Waals surface area contributed by atoms with E-state index in [-0.39, 0.29) is 11.8 Å². The van der Waals surface area contributed by atoms with Gasteiger partial charge < -0.3 is 9.73 Å². The van der Waals surface area contributed by atoms with Crippen LogP contribution in [0.2, 0.25) is 0 Å². The number of hydrogen-bond donors (Lipinski definition) is 2. The van der Waals surface area contributed by atoms with Crippen LogP contribution in [-0.2, 0) is 9.59 Å². The van der Waals surface area contributed by atoms with Crippen molar-refractivity contribution in [2.75, 3.05) is 5.32 Å². The smallest absolute Gasteiger partial charge is 0.249 e. The topological polar surface area (TPSA) is 71.3 Å². The second-order valence-corrected chi connectivity index (χ2v) is 4.83. The summed E-state index contributed by atoms with van der Waals surface area (Å²) in [6.45, 7) is 13.3. The maximum atomic E-state index is 11.8. The Bertz CT molecular complexity index is 713. The van der Waals surface area contributed by atoms with E-state index in [0.29, 0.717) is 23.9 Å². The highest BCUT2D eigenvalue weighted by molar-refractivity contribution is 6.01. The molecule has 1 unspecified atom stereocenters. The van der Waals surface area contributed by atoms with Crippen molar-refractivity contribution in [3.63, 3.8) is 0 Å². The molecule has 1 aromatic rings. The fourth-order valence-corrected chi connectivity index (χ4v) is 2.24. The number of carbonyl (C=O) groups excluding carboxylic acids is 2. The first-order chi connectivity index (χ1) is 11.1. The second-order valence-electron chi connectivity index (χ2n) is 4.83. The number of anilines is 1. The zero-order valence-electron chi connectivity index (χ0n) is 13.9. The van der Waals surface area contributed by atoms with E-state index in [1.54, 1.807) is 24.5 Å². The molecule has 2 amide bonds. The first-order valence-corrected chi connectivity index (χ1v) is 7.70. The van der Waals surface area contributed by atoms with Gasteiger partial charge in [0.15, 0.2) is 0 Å². The van der Waals surface area contributed by atoms with Gasteiger partial charge in [-0.15, -0.1) is 0 Å². The summed E-state index contributed by atoms with van der Waals surface area (Å²) in [7, 11) is 0. The van der Waals surface area contributed by atoms with Crippen molar-refractivity contribution in [3.05, 3.63) is 42.2 Å². The number of furan rings is 1. The molecule has 1 atom stereocenters. The Morgan fingerprint density at radius 1 is 1.39 bits per heavy atom. The van der Waals surface area contributed by atoms with E-state index < -0.39 is 6.04 Å². The van der Waals surface area contributed by atoms with Crippen LogP contribution in [0, 0.1) is 0 Å². The molecule has 0 bridgehead atoms. The van der Waals surface area contributed by atoms with Crippen LogP contribution in [0.5, 0.6) is 0 Å². The van der Waals surface area contributed by atoms with Gasteiger partial charge in [-0.2, -0.15) is 0 Å². The van der Waals surface area contributed by atoms with Gasteiger partial charge in [-0.05, 0) is 25.0 Å². The molecule has 2 rings (SSSR count). The van der Waals surface area contributed by atoms with E-state index in [0.717, 1.165) is 10.8 Å². The quantitative estimate of drug-likeness (QED) is 0.832. The minimum absolute atomic E-state index is 0.236. The third-order valence-corrected chi connectivity index (χ3v) is 3.36. The lowest BCUT2D eigenvalue weighted by Crippen LogP contribution is -2.48. The summed E-state index contributed by atoms with van der Waals surface area (Å²) in [5.74, 6) is -0.552. The highest BCUT2D eigenvalue weighted by Gasteiger charge is 2.26. The van der Waals surface area contributed by atoms with E-state index >= 15 is 0 Å².